The lowest BCUT2D eigenvalue weighted by atomic mass is 10.1. The van der Waals surface area contributed by atoms with Crippen LogP contribution in [0.1, 0.15) is 11.1 Å². The van der Waals surface area contributed by atoms with Gasteiger partial charge in [-0.2, -0.15) is 0 Å². The van der Waals surface area contributed by atoms with Gasteiger partial charge in [0.2, 0.25) is 0 Å². The third kappa shape index (κ3) is 1.86. The molecule has 10 heavy (non-hydrogen) atoms. The van der Waals surface area contributed by atoms with Crippen LogP contribution in [0.3, 0.4) is 0 Å². The molecule has 0 bridgehead atoms. The summed E-state index contributed by atoms with van der Waals surface area (Å²) >= 11 is 4.87. The molecule has 0 fully saturated rings. The first kappa shape index (κ1) is 7.84. The Morgan fingerprint density at radius 2 is 2.10 bits per heavy atom. The van der Waals surface area contributed by atoms with Crippen molar-refractivity contribution >= 4 is 19.2 Å². The van der Waals surface area contributed by atoms with Gasteiger partial charge in [0.05, 0.1) is 0 Å². The summed E-state index contributed by atoms with van der Waals surface area (Å²) in [6.07, 6.45) is 1.00. The van der Waals surface area contributed by atoms with Crippen molar-refractivity contribution in [2.75, 3.05) is 0 Å². The number of aryl methyl sites for hydroxylation is 1. The van der Waals surface area contributed by atoms with Gasteiger partial charge in [0.25, 0.3) is 0 Å². The largest absolute Gasteiger partial charge is 0.0620 e. The van der Waals surface area contributed by atoms with Gasteiger partial charge in [0, 0.05) is 6.16 Å². The van der Waals surface area contributed by atoms with Crippen molar-refractivity contribution < 1.29 is 0 Å². The minimum absolute atomic E-state index is 1.00. The van der Waals surface area contributed by atoms with E-state index in [1.165, 1.54) is 11.1 Å². The summed E-state index contributed by atoms with van der Waals surface area (Å²) in [6, 6.07) is 8.37. The SMILES string of the molecule is Cc1ccccc1CP=S. The van der Waals surface area contributed by atoms with E-state index >= 15 is 0 Å². The molecule has 2 heteroatoms. The zero-order valence-electron chi connectivity index (χ0n) is 5.87. The summed E-state index contributed by atoms with van der Waals surface area (Å²) in [7, 11) is 1.03. The van der Waals surface area contributed by atoms with Crippen LogP contribution in [0.25, 0.3) is 0 Å². The van der Waals surface area contributed by atoms with E-state index in [1.54, 1.807) is 0 Å². The number of rotatable bonds is 2. The molecule has 0 atom stereocenters. The minimum atomic E-state index is 1.00. The fourth-order valence-electron chi connectivity index (χ4n) is 0.857. The zero-order valence-corrected chi connectivity index (χ0v) is 7.58. The van der Waals surface area contributed by atoms with Crippen molar-refractivity contribution in [3.8, 4) is 0 Å². The van der Waals surface area contributed by atoms with E-state index in [9.17, 15) is 0 Å². The van der Waals surface area contributed by atoms with Crippen molar-refractivity contribution in [3.05, 3.63) is 35.4 Å². The van der Waals surface area contributed by atoms with Gasteiger partial charge in [0.15, 0.2) is 0 Å². The normalized spacial score (nSPS) is 10.1. The average Bonchev–Trinajstić information content (AvgIpc) is 1.94. The second kappa shape index (κ2) is 3.80. The Morgan fingerprint density at radius 3 is 2.70 bits per heavy atom. The van der Waals surface area contributed by atoms with Crippen LogP contribution in [-0.2, 0) is 18.0 Å². The van der Waals surface area contributed by atoms with Gasteiger partial charge in [-0.1, -0.05) is 36.1 Å². The molecular formula is C8H9PS. The predicted octanol–water partition coefficient (Wildman–Crippen LogP) is 2.90. The molecule has 0 aliphatic rings. The van der Waals surface area contributed by atoms with E-state index in [4.69, 9.17) is 11.8 Å². The van der Waals surface area contributed by atoms with Crippen LogP contribution in [0.2, 0.25) is 0 Å². The first-order valence-corrected chi connectivity index (χ1v) is 5.27. The molecule has 0 spiro atoms. The summed E-state index contributed by atoms with van der Waals surface area (Å²) in [5.41, 5.74) is 2.72. The summed E-state index contributed by atoms with van der Waals surface area (Å²) in [4.78, 5) is 0. The van der Waals surface area contributed by atoms with E-state index in [0.29, 0.717) is 0 Å². The Bertz CT molecular complexity index is 232. The van der Waals surface area contributed by atoms with E-state index < -0.39 is 0 Å². The molecule has 1 aromatic rings. The molecule has 0 aliphatic heterocycles. The molecule has 0 amide bonds. The highest BCUT2D eigenvalue weighted by molar-refractivity contribution is 7.96. The van der Waals surface area contributed by atoms with Crippen LogP contribution >= 0.6 is 7.36 Å². The average molecular weight is 168 g/mol. The molecular weight excluding hydrogens is 159 g/mol. The molecule has 0 aliphatic carbocycles. The van der Waals surface area contributed by atoms with E-state index in [2.05, 4.69) is 31.2 Å². The molecule has 0 radical (unpaired) electrons. The number of hydrogen-bond acceptors (Lipinski definition) is 1. The Labute approximate surface area is 68.1 Å². The van der Waals surface area contributed by atoms with Gasteiger partial charge in [-0.05, 0) is 25.4 Å². The van der Waals surface area contributed by atoms with Crippen LogP contribution in [0.15, 0.2) is 24.3 Å². The molecule has 1 aromatic carbocycles. The van der Waals surface area contributed by atoms with Crippen molar-refractivity contribution in [2.45, 2.75) is 13.1 Å². The van der Waals surface area contributed by atoms with Crippen LogP contribution in [0, 0.1) is 6.92 Å². The molecule has 52 valence electrons. The molecule has 1 rings (SSSR count). The molecule has 0 N–H and O–H groups in total. The second-order valence-electron chi connectivity index (χ2n) is 2.21. The van der Waals surface area contributed by atoms with Gasteiger partial charge < -0.3 is 0 Å². The molecule has 0 heterocycles. The molecule has 0 nitrogen and oxygen atoms in total. The van der Waals surface area contributed by atoms with Crippen LogP contribution < -0.4 is 0 Å². The highest BCUT2D eigenvalue weighted by atomic mass is 32.4. The third-order valence-electron chi connectivity index (χ3n) is 1.50. The van der Waals surface area contributed by atoms with E-state index in [0.717, 1.165) is 13.5 Å². The lowest BCUT2D eigenvalue weighted by molar-refractivity contribution is 1.31. The minimum Gasteiger partial charge on any atom is -0.0620 e. The van der Waals surface area contributed by atoms with Crippen molar-refractivity contribution in [2.24, 2.45) is 0 Å². The second-order valence-corrected chi connectivity index (χ2v) is 3.56. The van der Waals surface area contributed by atoms with E-state index in [1.807, 2.05) is 0 Å². The standard InChI is InChI=1S/C8H9PS/c1-7-4-2-3-5-8(7)6-9-10/h2-5H,6H2,1H3. The van der Waals surface area contributed by atoms with Crippen LogP contribution in [-0.4, -0.2) is 0 Å². The Hall–Kier alpha value is -0.260. The van der Waals surface area contributed by atoms with Crippen LogP contribution in [0.5, 0.6) is 0 Å². The van der Waals surface area contributed by atoms with Gasteiger partial charge in [0.1, 0.15) is 0 Å². The first-order valence-electron chi connectivity index (χ1n) is 3.18. The fraction of sp³-hybridized carbons (Fsp3) is 0.250. The lowest BCUT2D eigenvalue weighted by Gasteiger charge is -1.98. The smallest absolute Gasteiger partial charge is 0.0253 e. The fourth-order valence-corrected chi connectivity index (χ4v) is 1.77. The van der Waals surface area contributed by atoms with Gasteiger partial charge in [-0.15, -0.1) is 0 Å². The Morgan fingerprint density at radius 1 is 1.40 bits per heavy atom. The maximum Gasteiger partial charge on any atom is 0.0253 e. The summed E-state index contributed by atoms with van der Waals surface area (Å²) < 4.78 is 0. The van der Waals surface area contributed by atoms with Gasteiger partial charge >= 0.3 is 0 Å². The molecule has 0 saturated carbocycles. The van der Waals surface area contributed by atoms with E-state index in [-0.39, 0.29) is 0 Å². The molecule has 0 aromatic heterocycles. The third-order valence-corrected chi connectivity index (χ3v) is 2.35. The Balaban J connectivity index is 2.91. The predicted molar refractivity (Wildman–Crippen MR) is 49.2 cm³/mol. The zero-order chi connectivity index (χ0) is 7.40. The first-order chi connectivity index (χ1) is 4.84. The lowest BCUT2D eigenvalue weighted by Crippen LogP contribution is -1.81. The van der Waals surface area contributed by atoms with Crippen molar-refractivity contribution in [3.63, 3.8) is 0 Å². The van der Waals surface area contributed by atoms with Crippen LogP contribution in [0.4, 0.5) is 0 Å². The maximum atomic E-state index is 4.87. The highest BCUT2D eigenvalue weighted by Gasteiger charge is 1.91. The number of benzene rings is 1. The quantitative estimate of drug-likeness (QED) is 0.612. The van der Waals surface area contributed by atoms with Crippen molar-refractivity contribution in [1.29, 1.82) is 0 Å². The monoisotopic (exact) mass is 168 g/mol. The maximum absolute atomic E-state index is 4.87. The Kier molecular flexibility index (Phi) is 2.98. The summed E-state index contributed by atoms with van der Waals surface area (Å²) in [5.74, 6) is 0. The molecule has 0 unspecified atom stereocenters. The number of hydrogen-bond donors (Lipinski definition) is 0. The molecule has 0 saturated heterocycles. The van der Waals surface area contributed by atoms with Gasteiger partial charge in [-0.25, -0.2) is 0 Å². The highest BCUT2D eigenvalue weighted by Crippen LogP contribution is 2.12. The van der Waals surface area contributed by atoms with Crippen molar-refractivity contribution in [1.82, 2.24) is 0 Å². The summed E-state index contributed by atoms with van der Waals surface area (Å²) in [5, 5.41) is 0. The van der Waals surface area contributed by atoms with Gasteiger partial charge in [-0.3, -0.25) is 0 Å². The topological polar surface area (TPSA) is 0 Å². The summed E-state index contributed by atoms with van der Waals surface area (Å²) in [6.45, 7) is 2.12.